The molecule has 2 heterocycles. The van der Waals surface area contributed by atoms with Gasteiger partial charge in [0.1, 0.15) is 0 Å². The van der Waals surface area contributed by atoms with E-state index in [9.17, 15) is 0 Å². The van der Waals surface area contributed by atoms with Crippen LogP contribution in [0.3, 0.4) is 0 Å². The SMILES string of the molecule is c1cc(CNc2nn[nH]n2)co1. The van der Waals surface area contributed by atoms with Gasteiger partial charge in [0.15, 0.2) is 0 Å². The summed E-state index contributed by atoms with van der Waals surface area (Å²) in [5.41, 5.74) is 1.04. The van der Waals surface area contributed by atoms with Crippen LogP contribution in [0.1, 0.15) is 5.56 Å². The Morgan fingerprint density at radius 3 is 3.25 bits per heavy atom. The molecule has 0 aliphatic rings. The third-order valence-electron chi connectivity index (χ3n) is 1.38. The van der Waals surface area contributed by atoms with E-state index in [4.69, 9.17) is 4.42 Å². The van der Waals surface area contributed by atoms with Gasteiger partial charge in [-0.05, 0) is 11.3 Å². The normalized spacial score (nSPS) is 10.0. The van der Waals surface area contributed by atoms with Crippen molar-refractivity contribution >= 4 is 5.95 Å². The number of nitrogens with zero attached hydrogens (tertiary/aromatic N) is 3. The first-order chi connectivity index (χ1) is 5.95. The number of rotatable bonds is 3. The summed E-state index contributed by atoms with van der Waals surface area (Å²) in [5, 5.41) is 16.1. The first-order valence-electron chi connectivity index (χ1n) is 3.43. The summed E-state index contributed by atoms with van der Waals surface area (Å²) in [6, 6.07) is 1.87. The summed E-state index contributed by atoms with van der Waals surface area (Å²) in [5.74, 6) is 0.483. The highest BCUT2D eigenvalue weighted by molar-refractivity contribution is 5.22. The molecule has 0 amide bonds. The molecule has 6 nitrogen and oxygen atoms in total. The number of furan rings is 1. The Morgan fingerprint density at radius 1 is 1.58 bits per heavy atom. The maximum Gasteiger partial charge on any atom is 0.263 e. The molecule has 2 aromatic heterocycles. The van der Waals surface area contributed by atoms with E-state index in [2.05, 4.69) is 25.9 Å². The van der Waals surface area contributed by atoms with Crippen LogP contribution in [0.2, 0.25) is 0 Å². The number of hydrogen-bond donors (Lipinski definition) is 2. The van der Waals surface area contributed by atoms with Gasteiger partial charge in [-0.2, -0.15) is 5.21 Å². The van der Waals surface area contributed by atoms with Crippen LogP contribution >= 0.6 is 0 Å². The van der Waals surface area contributed by atoms with Gasteiger partial charge in [-0.1, -0.05) is 5.10 Å². The molecule has 0 aliphatic heterocycles. The molecular weight excluding hydrogens is 158 g/mol. The first kappa shape index (κ1) is 6.84. The zero-order chi connectivity index (χ0) is 8.23. The lowest BCUT2D eigenvalue weighted by Gasteiger charge is -1.95. The maximum absolute atomic E-state index is 4.88. The van der Waals surface area contributed by atoms with Gasteiger partial charge >= 0.3 is 0 Å². The molecule has 12 heavy (non-hydrogen) atoms. The third-order valence-corrected chi connectivity index (χ3v) is 1.38. The van der Waals surface area contributed by atoms with Gasteiger partial charge in [0.2, 0.25) is 0 Å². The van der Waals surface area contributed by atoms with Crippen molar-refractivity contribution in [1.82, 2.24) is 20.6 Å². The van der Waals surface area contributed by atoms with Crippen molar-refractivity contribution in [1.29, 1.82) is 0 Å². The molecule has 0 unspecified atom stereocenters. The summed E-state index contributed by atoms with van der Waals surface area (Å²) < 4.78 is 4.88. The second-order valence-corrected chi connectivity index (χ2v) is 2.22. The van der Waals surface area contributed by atoms with Crippen LogP contribution < -0.4 is 5.32 Å². The zero-order valence-electron chi connectivity index (χ0n) is 6.19. The van der Waals surface area contributed by atoms with E-state index in [0.717, 1.165) is 5.56 Å². The second kappa shape index (κ2) is 3.04. The average Bonchev–Trinajstić information content (AvgIpc) is 2.74. The molecule has 62 valence electrons. The topological polar surface area (TPSA) is 79.6 Å². The summed E-state index contributed by atoms with van der Waals surface area (Å²) in [6.45, 7) is 0.635. The molecule has 6 heteroatoms. The van der Waals surface area contributed by atoms with E-state index < -0.39 is 0 Å². The number of hydrogen-bond acceptors (Lipinski definition) is 5. The molecule has 0 aromatic carbocycles. The standard InChI is InChI=1S/C6H7N5O/c1-2-12-4-5(1)3-7-6-8-10-11-9-6/h1-2,4H,3H2,(H2,7,8,9,10,11). The van der Waals surface area contributed by atoms with Crippen molar-refractivity contribution in [2.24, 2.45) is 0 Å². The quantitative estimate of drug-likeness (QED) is 0.688. The van der Waals surface area contributed by atoms with Crippen LogP contribution in [0.4, 0.5) is 5.95 Å². The molecule has 0 aliphatic carbocycles. The van der Waals surface area contributed by atoms with Gasteiger partial charge < -0.3 is 9.73 Å². The Hall–Kier alpha value is -1.85. The Balaban J connectivity index is 1.91. The minimum absolute atomic E-state index is 0.483. The molecule has 2 N–H and O–H groups in total. The molecule has 0 fully saturated rings. The lowest BCUT2D eigenvalue weighted by molar-refractivity contribution is 0.564. The number of aromatic nitrogens is 4. The van der Waals surface area contributed by atoms with Crippen molar-refractivity contribution < 1.29 is 4.42 Å². The predicted molar refractivity (Wildman–Crippen MR) is 40.2 cm³/mol. The molecule has 2 rings (SSSR count). The Bertz CT molecular complexity index is 279. The smallest absolute Gasteiger partial charge is 0.263 e. The molecule has 0 saturated carbocycles. The van der Waals surface area contributed by atoms with Crippen LogP contribution in [0.5, 0.6) is 0 Å². The fourth-order valence-corrected chi connectivity index (χ4v) is 0.811. The van der Waals surface area contributed by atoms with Gasteiger partial charge in [0.05, 0.1) is 12.5 Å². The van der Waals surface area contributed by atoms with Crippen molar-refractivity contribution in [3.63, 3.8) is 0 Å². The van der Waals surface area contributed by atoms with Gasteiger partial charge in [0.25, 0.3) is 5.95 Å². The lowest BCUT2D eigenvalue weighted by Crippen LogP contribution is -1.99. The highest BCUT2D eigenvalue weighted by Crippen LogP contribution is 2.01. The van der Waals surface area contributed by atoms with Crippen molar-refractivity contribution in [2.45, 2.75) is 6.54 Å². The first-order valence-corrected chi connectivity index (χ1v) is 3.43. The number of tetrazole rings is 1. The Kier molecular flexibility index (Phi) is 1.73. The van der Waals surface area contributed by atoms with Gasteiger partial charge in [0, 0.05) is 12.1 Å². The van der Waals surface area contributed by atoms with Crippen molar-refractivity contribution in [3.05, 3.63) is 24.2 Å². The molecule has 0 bridgehead atoms. The van der Waals surface area contributed by atoms with Crippen molar-refractivity contribution in [3.8, 4) is 0 Å². The maximum atomic E-state index is 4.88. The summed E-state index contributed by atoms with van der Waals surface area (Å²) >= 11 is 0. The van der Waals surface area contributed by atoms with Gasteiger partial charge in [-0.25, -0.2) is 0 Å². The van der Waals surface area contributed by atoms with E-state index in [1.807, 2.05) is 6.07 Å². The highest BCUT2D eigenvalue weighted by atomic mass is 16.3. The van der Waals surface area contributed by atoms with Crippen molar-refractivity contribution in [2.75, 3.05) is 5.32 Å². The fourth-order valence-electron chi connectivity index (χ4n) is 0.811. The summed E-state index contributed by atoms with van der Waals surface area (Å²) in [7, 11) is 0. The number of aromatic amines is 1. The minimum atomic E-state index is 0.483. The van der Waals surface area contributed by atoms with E-state index in [0.29, 0.717) is 12.5 Å². The third kappa shape index (κ3) is 1.42. The average molecular weight is 165 g/mol. The molecular formula is C6H7N5O. The van der Waals surface area contributed by atoms with Gasteiger partial charge in [-0.3, -0.25) is 0 Å². The fraction of sp³-hybridized carbons (Fsp3) is 0.167. The van der Waals surface area contributed by atoms with E-state index in [-0.39, 0.29) is 0 Å². The number of anilines is 1. The molecule has 0 radical (unpaired) electrons. The van der Waals surface area contributed by atoms with Crippen LogP contribution in [-0.2, 0) is 6.54 Å². The van der Waals surface area contributed by atoms with Crippen LogP contribution in [0, 0.1) is 0 Å². The number of H-pyrrole nitrogens is 1. The van der Waals surface area contributed by atoms with Crippen LogP contribution in [0.25, 0.3) is 0 Å². The molecule has 0 saturated heterocycles. The lowest BCUT2D eigenvalue weighted by atomic mass is 10.3. The Morgan fingerprint density at radius 2 is 2.58 bits per heavy atom. The number of nitrogens with one attached hydrogen (secondary N) is 2. The molecule has 2 aromatic rings. The summed E-state index contributed by atoms with van der Waals surface area (Å²) in [6.07, 6.45) is 3.28. The van der Waals surface area contributed by atoms with Crippen LogP contribution in [0.15, 0.2) is 23.0 Å². The Labute approximate surface area is 68.0 Å². The van der Waals surface area contributed by atoms with Gasteiger partial charge in [-0.15, -0.1) is 5.10 Å². The minimum Gasteiger partial charge on any atom is -0.472 e. The second-order valence-electron chi connectivity index (χ2n) is 2.22. The zero-order valence-corrected chi connectivity index (χ0v) is 6.19. The van der Waals surface area contributed by atoms with E-state index in [1.54, 1.807) is 12.5 Å². The monoisotopic (exact) mass is 165 g/mol. The highest BCUT2D eigenvalue weighted by Gasteiger charge is 1.97. The summed E-state index contributed by atoms with van der Waals surface area (Å²) in [4.78, 5) is 0. The molecule has 0 atom stereocenters. The van der Waals surface area contributed by atoms with E-state index in [1.165, 1.54) is 0 Å². The molecule has 0 spiro atoms. The van der Waals surface area contributed by atoms with E-state index >= 15 is 0 Å². The van der Waals surface area contributed by atoms with Crippen LogP contribution in [-0.4, -0.2) is 20.6 Å². The predicted octanol–water partition coefficient (Wildman–Crippen LogP) is 0.405. The largest absolute Gasteiger partial charge is 0.472 e.